The SMILES string of the molecule is Cl.Cl.O=C(c1ccc2c(c1)CCN2)N1CCN(C2CCCC2)CC1. The van der Waals surface area contributed by atoms with Crippen molar-refractivity contribution >= 4 is 36.4 Å². The standard InChI is InChI=1S/C18H25N3O.2ClH/c22-18(15-5-6-17-14(13-15)7-8-19-17)21-11-9-20(10-12-21)16-3-1-2-4-16;;/h5-6,13,16,19H,1-4,7-12H2;2*1H. The van der Waals surface area contributed by atoms with Crippen LogP contribution in [0.3, 0.4) is 0 Å². The minimum Gasteiger partial charge on any atom is -0.384 e. The lowest BCUT2D eigenvalue weighted by Crippen LogP contribution is -2.51. The first-order valence-electron chi connectivity index (χ1n) is 8.71. The molecule has 2 heterocycles. The van der Waals surface area contributed by atoms with Gasteiger partial charge in [0.15, 0.2) is 0 Å². The van der Waals surface area contributed by atoms with Gasteiger partial charge < -0.3 is 10.2 Å². The van der Waals surface area contributed by atoms with Crippen molar-refractivity contribution in [3.63, 3.8) is 0 Å². The zero-order valence-electron chi connectivity index (χ0n) is 14.0. The summed E-state index contributed by atoms with van der Waals surface area (Å²) in [5, 5.41) is 3.35. The Balaban J connectivity index is 0.00000104. The van der Waals surface area contributed by atoms with Crippen molar-refractivity contribution in [3.05, 3.63) is 29.3 Å². The number of halogens is 2. The Morgan fingerprint density at radius 1 is 1.04 bits per heavy atom. The van der Waals surface area contributed by atoms with E-state index in [0.717, 1.165) is 50.7 Å². The summed E-state index contributed by atoms with van der Waals surface area (Å²) in [7, 11) is 0. The third kappa shape index (κ3) is 3.81. The van der Waals surface area contributed by atoms with Gasteiger partial charge >= 0.3 is 0 Å². The number of piperazine rings is 1. The summed E-state index contributed by atoms with van der Waals surface area (Å²) in [5.74, 6) is 0.209. The van der Waals surface area contributed by atoms with Crippen LogP contribution in [-0.2, 0) is 6.42 Å². The van der Waals surface area contributed by atoms with Crippen molar-refractivity contribution in [3.8, 4) is 0 Å². The second-order valence-corrected chi connectivity index (χ2v) is 6.82. The van der Waals surface area contributed by atoms with Crippen molar-refractivity contribution in [2.75, 3.05) is 38.0 Å². The number of fused-ring (bicyclic) bond motifs is 1. The summed E-state index contributed by atoms with van der Waals surface area (Å²) in [4.78, 5) is 17.4. The Hall–Kier alpha value is -0.970. The molecule has 2 aliphatic heterocycles. The van der Waals surface area contributed by atoms with Gasteiger partial charge in [-0.15, -0.1) is 24.8 Å². The molecular formula is C18H27Cl2N3O. The van der Waals surface area contributed by atoms with Crippen LogP contribution >= 0.6 is 24.8 Å². The number of nitrogens with one attached hydrogen (secondary N) is 1. The molecule has 4 nitrogen and oxygen atoms in total. The Morgan fingerprint density at radius 2 is 1.75 bits per heavy atom. The van der Waals surface area contributed by atoms with Gasteiger partial charge in [-0.2, -0.15) is 0 Å². The Bertz CT molecular complexity index is 567. The molecule has 1 aliphatic carbocycles. The largest absolute Gasteiger partial charge is 0.384 e. The van der Waals surface area contributed by atoms with Gasteiger partial charge in [-0.25, -0.2) is 0 Å². The van der Waals surface area contributed by atoms with Gasteiger partial charge in [0.2, 0.25) is 0 Å². The van der Waals surface area contributed by atoms with Gasteiger partial charge in [0, 0.05) is 50.0 Å². The molecule has 0 radical (unpaired) electrons. The van der Waals surface area contributed by atoms with E-state index in [9.17, 15) is 4.79 Å². The maximum Gasteiger partial charge on any atom is 0.253 e. The second kappa shape index (κ2) is 8.41. The molecule has 2 fully saturated rings. The van der Waals surface area contributed by atoms with E-state index in [1.54, 1.807) is 0 Å². The summed E-state index contributed by atoms with van der Waals surface area (Å²) in [6.45, 7) is 4.84. The Kier molecular flexibility index (Phi) is 6.79. The highest BCUT2D eigenvalue weighted by atomic mass is 35.5. The van der Waals surface area contributed by atoms with Crippen LogP contribution in [0.25, 0.3) is 0 Å². The maximum atomic E-state index is 12.7. The van der Waals surface area contributed by atoms with Crippen molar-refractivity contribution in [1.82, 2.24) is 9.80 Å². The minimum absolute atomic E-state index is 0. The molecule has 6 heteroatoms. The Labute approximate surface area is 156 Å². The first-order valence-corrected chi connectivity index (χ1v) is 8.71. The highest BCUT2D eigenvalue weighted by Gasteiger charge is 2.28. The van der Waals surface area contributed by atoms with E-state index in [2.05, 4.69) is 22.3 Å². The lowest BCUT2D eigenvalue weighted by molar-refractivity contribution is 0.0573. The molecule has 1 aromatic carbocycles. The second-order valence-electron chi connectivity index (χ2n) is 6.82. The van der Waals surface area contributed by atoms with E-state index in [1.807, 2.05) is 11.0 Å². The minimum atomic E-state index is 0. The number of benzene rings is 1. The number of anilines is 1. The topological polar surface area (TPSA) is 35.6 Å². The molecule has 24 heavy (non-hydrogen) atoms. The van der Waals surface area contributed by atoms with Gasteiger partial charge in [0.1, 0.15) is 0 Å². The van der Waals surface area contributed by atoms with Crippen LogP contribution in [0.5, 0.6) is 0 Å². The van der Waals surface area contributed by atoms with Gasteiger partial charge in [-0.1, -0.05) is 12.8 Å². The third-order valence-electron chi connectivity index (χ3n) is 5.50. The molecule has 0 aromatic heterocycles. The third-order valence-corrected chi connectivity index (χ3v) is 5.50. The van der Waals surface area contributed by atoms with Crippen molar-refractivity contribution < 1.29 is 4.79 Å². The lowest BCUT2D eigenvalue weighted by atomic mass is 10.1. The predicted molar refractivity (Wildman–Crippen MR) is 103 cm³/mol. The van der Waals surface area contributed by atoms with Crippen LogP contribution in [0.1, 0.15) is 41.6 Å². The smallest absolute Gasteiger partial charge is 0.253 e. The molecule has 3 aliphatic rings. The summed E-state index contributed by atoms with van der Waals surface area (Å²) in [5.41, 5.74) is 3.34. The molecule has 1 aromatic rings. The van der Waals surface area contributed by atoms with E-state index in [1.165, 1.54) is 36.9 Å². The van der Waals surface area contributed by atoms with Crippen LogP contribution in [0.15, 0.2) is 18.2 Å². The fourth-order valence-electron chi connectivity index (χ4n) is 4.18. The van der Waals surface area contributed by atoms with Crippen LogP contribution < -0.4 is 5.32 Å². The monoisotopic (exact) mass is 371 g/mol. The molecule has 0 spiro atoms. The molecule has 1 saturated heterocycles. The van der Waals surface area contributed by atoms with E-state index in [4.69, 9.17) is 0 Å². The first-order chi connectivity index (χ1) is 10.8. The van der Waals surface area contributed by atoms with E-state index >= 15 is 0 Å². The van der Waals surface area contributed by atoms with Crippen LogP contribution in [0.2, 0.25) is 0 Å². The number of hydrogen-bond donors (Lipinski definition) is 1. The number of nitrogens with zero attached hydrogens (tertiary/aromatic N) is 2. The Morgan fingerprint density at radius 3 is 2.46 bits per heavy atom. The fourth-order valence-corrected chi connectivity index (χ4v) is 4.18. The van der Waals surface area contributed by atoms with Gasteiger partial charge in [0.25, 0.3) is 5.91 Å². The quantitative estimate of drug-likeness (QED) is 0.866. The van der Waals surface area contributed by atoms with Gasteiger partial charge in [0.05, 0.1) is 0 Å². The lowest BCUT2D eigenvalue weighted by Gasteiger charge is -2.38. The molecule has 4 rings (SSSR count). The van der Waals surface area contributed by atoms with Crippen LogP contribution in [0.4, 0.5) is 5.69 Å². The zero-order valence-corrected chi connectivity index (χ0v) is 15.6. The summed E-state index contributed by atoms with van der Waals surface area (Å²) >= 11 is 0. The number of rotatable bonds is 2. The summed E-state index contributed by atoms with van der Waals surface area (Å²) < 4.78 is 0. The van der Waals surface area contributed by atoms with E-state index in [-0.39, 0.29) is 30.7 Å². The van der Waals surface area contributed by atoms with E-state index < -0.39 is 0 Å². The summed E-state index contributed by atoms with van der Waals surface area (Å²) in [6, 6.07) is 6.90. The fraction of sp³-hybridized carbons (Fsp3) is 0.611. The van der Waals surface area contributed by atoms with Gasteiger partial charge in [-0.05, 0) is 43.0 Å². The normalized spacial score (nSPS) is 20.8. The zero-order chi connectivity index (χ0) is 14.9. The maximum absolute atomic E-state index is 12.7. The average Bonchev–Trinajstić information content (AvgIpc) is 3.25. The number of hydrogen-bond acceptors (Lipinski definition) is 3. The molecular weight excluding hydrogens is 345 g/mol. The molecule has 134 valence electrons. The van der Waals surface area contributed by atoms with Crippen molar-refractivity contribution in [2.24, 2.45) is 0 Å². The average molecular weight is 372 g/mol. The van der Waals surface area contributed by atoms with Crippen LogP contribution in [-0.4, -0.2) is 54.5 Å². The molecule has 1 N–H and O–H groups in total. The van der Waals surface area contributed by atoms with Crippen LogP contribution in [0, 0.1) is 0 Å². The molecule has 1 amide bonds. The number of carbonyl (C=O) groups excluding carboxylic acids is 1. The molecule has 0 unspecified atom stereocenters. The van der Waals surface area contributed by atoms with E-state index in [0.29, 0.717) is 0 Å². The number of carbonyl (C=O) groups is 1. The highest BCUT2D eigenvalue weighted by Crippen LogP contribution is 2.26. The predicted octanol–water partition coefficient (Wildman–Crippen LogP) is 3.20. The van der Waals surface area contributed by atoms with Gasteiger partial charge in [-0.3, -0.25) is 9.69 Å². The molecule has 0 bridgehead atoms. The van der Waals surface area contributed by atoms with Crippen molar-refractivity contribution in [1.29, 1.82) is 0 Å². The first kappa shape index (κ1) is 19.4. The molecule has 0 atom stereocenters. The molecule has 1 saturated carbocycles. The number of amides is 1. The summed E-state index contributed by atoms with van der Waals surface area (Å²) in [6.07, 6.45) is 6.50. The highest BCUT2D eigenvalue weighted by molar-refractivity contribution is 5.95. The van der Waals surface area contributed by atoms with Crippen molar-refractivity contribution in [2.45, 2.75) is 38.1 Å².